The number of hydrogen-bond acceptors (Lipinski definition) is 3. The van der Waals surface area contributed by atoms with Gasteiger partial charge < -0.3 is 4.74 Å². The number of benzene rings is 1. The van der Waals surface area contributed by atoms with Crippen LogP contribution in [-0.2, 0) is 4.74 Å². The van der Waals surface area contributed by atoms with Gasteiger partial charge in [0, 0.05) is 0 Å². The molecule has 0 atom stereocenters. The third-order valence-corrected chi connectivity index (χ3v) is 1.88. The predicted molar refractivity (Wildman–Crippen MR) is 75.5 cm³/mol. The van der Waals surface area contributed by atoms with Crippen LogP contribution in [0.5, 0.6) is 0 Å². The van der Waals surface area contributed by atoms with Gasteiger partial charge in [-0.05, 0) is 45.4 Å². The van der Waals surface area contributed by atoms with E-state index in [1.54, 1.807) is 39.8 Å². The zero-order chi connectivity index (χ0) is 15.1. The van der Waals surface area contributed by atoms with Crippen LogP contribution in [0, 0.1) is 12.7 Å². The summed E-state index contributed by atoms with van der Waals surface area (Å²) in [6.45, 7) is 11.0. The van der Waals surface area contributed by atoms with Gasteiger partial charge in [-0.15, -0.1) is 0 Å². The molecule has 4 nitrogen and oxygen atoms in total. The monoisotopic (exact) mass is 270 g/mol. The Hall–Kier alpha value is -1.78. The fraction of sp³-hybridized carbons (Fsp3) is 0.500. The number of carbonyl (C=O) groups excluding carboxylic acids is 1. The predicted octanol–water partition coefficient (Wildman–Crippen LogP) is 4.01. The molecule has 1 amide bonds. The Morgan fingerprint density at radius 2 is 1.84 bits per heavy atom. The number of halogens is 1. The fourth-order valence-electron chi connectivity index (χ4n) is 1.10. The molecule has 0 aliphatic rings. The van der Waals surface area contributed by atoms with Gasteiger partial charge in [0.05, 0.1) is 5.69 Å². The van der Waals surface area contributed by atoms with Crippen LogP contribution in [0.25, 0.3) is 0 Å². The summed E-state index contributed by atoms with van der Waals surface area (Å²) in [5.41, 5.74) is 5.34. The van der Waals surface area contributed by atoms with E-state index >= 15 is 0 Å². The first kappa shape index (κ1) is 17.2. The van der Waals surface area contributed by atoms with E-state index in [9.17, 15) is 9.18 Å². The third-order valence-electron chi connectivity index (χ3n) is 1.88. The molecule has 0 radical (unpaired) electrons. The zero-order valence-corrected chi connectivity index (χ0v) is 12.4. The van der Waals surface area contributed by atoms with Gasteiger partial charge in [-0.1, -0.05) is 19.9 Å². The molecule has 0 saturated carbocycles. The second-order valence-electron chi connectivity index (χ2n) is 4.72. The van der Waals surface area contributed by atoms with E-state index < -0.39 is 11.7 Å². The normalized spacial score (nSPS) is 10.1. The van der Waals surface area contributed by atoms with Gasteiger partial charge in [-0.3, -0.25) is 5.43 Å². The first-order valence-corrected chi connectivity index (χ1v) is 6.29. The summed E-state index contributed by atoms with van der Waals surface area (Å²) in [5.74, 6) is -0.332. The molecular formula is C14H23FN2O2. The van der Waals surface area contributed by atoms with Crippen molar-refractivity contribution in [2.45, 2.75) is 47.1 Å². The van der Waals surface area contributed by atoms with Crippen molar-refractivity contribution in [1.82, 2.24) is 5.43 Å². The number of hydrazine groups is 1. The molecule has 1 rings (SSSR count). The minimum atomic E-state index is -0.613. The van der Waals surface area contributed by atoms with Gasteiger partial charge in [0.25, 0.3) is 0 Å². The maximum Gasteiger partial charge on any atom is 0.426 e. The van der Waals surface area contributed by atoms with Crippen molar-refractivity contribution in [3.8, 4) is 0 Å². The van der Waals surface area contributed by atoms with Crippen molar-refractivity contribution < 1.29 is 13.9 Å². The maximum atomic E-state index is 13.2. The lowest BCUT2D eigenvalue weighted by Gasteiger charge is -2.20. The maximum absolute atomic E-state index is 13.2. The Kier molecular flexibility index (Phi) is 6.90. The molecule has 1 aromatic rings. The van der Waals surface area contributed by atoms with Crippen LogP contribution in [0.1, 0.15) is 40.2 Å². The fourth-order valence-corrected chi connectivity index (χ4v) is 1.10. The summed E-state index contributed by atoms with van der Waals surface area (Å²) < 4.78 is 18.2. The Morgan fingerprint density at radius 3 is 2.32 bits per heavy atom. The molecule has 0 aliphatic heterocycles. The van der Waals surface area contributed by atoms with Crippen molar-refractivity contribution in [2.75, 3.05) is 5.43 Å². The molecule has 0 heterocycles. The van der Waals surface area contributed by atoms with E-state index in [0.717, 1.165) is 0 Å². The molecule has 0 bridgehead atoms. The molecule has 2 N–H and O–H groups in total. The van der Waals surface area contributed by atoms with E-state index in [-0.39, 0.29) is 5.82 Å². The van der Waals surface area contributed by atoms with Crippen LogP contribution in [0.4, 0.5) is 14.9 Å². The SMILES string of the molecule is CC.Cc1ccc(NNC(=O)OC(C)(C)C)cc1F. The average Bonchev–Trinajstić information content (AvgIpc) is 2.31. The molecule has 108 valence electrons. The lowest BCUT2D eigenvalue weighted by molar-refractivity contribution is 0.0541. The summed E-state index contributed by atoms with van der Waals surface area (Å²) in [5, 5.41) is 0. The minimum Gasteiger partial charge on any atom is -0.443 e. The minimum absolute atomic E-state index is 0.332. The first-order chi connectivity index (χ1) is 8.78. The highest BCUT2D eigenvalue weighted by Crippen LogP contribution is 2.13. The quantitative estimate of drug-likeness (QED) is 0.798. The molecule has 1 aromatic carbocycles. The second kappa shape index (κ2) is 7.61. The number of aryl methyl sites for hydroxylation is 1. The molecule has 0 fully saturated rings. The van der Waals surface area contributed by atoms with Crippen LogP contribution in [0.3, 0.4) is 0 Å². The zero-order valence-electron chi connectivity index (χ0n) is 12.4. The Bertz CT molecular complexity index is 414. The Labute approximate surface area is 114 Å². The van der Waals surface area contributed by atoms with Crippen molar-refractivity contribution in [3.05, 3.63) is 29.6 Å². The number of nitrogens with one attached hydrogen (secondary N) is 2. The topological polar surface area (TPSA) is 50.4 Å². The molecule has 0 aliphatic carbocycles. The van der Waals surface area contributed by atoms with Gasteiger partial charge in [-0.2, -0.15) is 0 Å². The molecule has 0 aromatic heterocycles. The summed E-state index contributed by atoms with van der Waals surface area (Å²) in [6, 6.07) is 4.58. The lowest BCUT2D eigenvalue weighted by atomic mass is 10.2. The average molecular weight is 270 g/mol. The summed E-state index contributed by atoms with van der Waals surface area (Å²) in [6.07, 6.45) is -0.613. The number of anilines is 1. The van der Waals surface area contributed by atoms with Gasteiger partial charge in [0.2, 0.25) is 0 Å². The number of hydrogen-bond donors (Lipinski definition) is 2. The van der Waals surface area contributed by atoms with E-state index in [2.05, 4.69) is 10.9 Å². The molecule has 0 spiro atoms. The van der Waals surface area contributed by atoms with Crippen molar-refractivity contribution in [1.29, 1.82) is 0 Å². The lowest BCUT2D eigenvalue weighted by Crippen LogP contribution is -2.35. The highest BCUT2D eigenvalue weighted by atomic mass is 19.1. The van der Waals surface area contributed by atoms with Crippen LogP contribution in [0.15, 0.2) is 18.2 Å². The third kappa shape index (κ3) is 7.28. The molecular weight excluding hydrogens is 247 g/mol. The standard InChI is InChI=1S/C12H17FN2O2.C2H6/c1-8-5-6-9(7-10(8)13)14-15-11(16)17-12(2,3)4;1-2/h5-7,14H,1-4H3,(H,15,16);1-2H3. The van der Waals surface area contributed by atoms with Gasteiger partial charge in [0.1, 0.15) is 11.4 Å². The highest BCUT2D eigenvalue weighted by molar-refractivity contribution is 5.69. The molecule has 0 saturated heterocycles. The number of carbonyl (C=O) groups is 1. The van der Waals surface area contributed by atoms with Gasteiger partial charge in [0.15, 0.2) is 0 Å². The Balaban J connectivity index is 0.00000154. The second-order valence-corrected chi connectivity index (χ2v) is 4.72. The summed E-state index contributed by atoms with van der Waals surface area (Å²) >= 11 is 0. The summed E-state index contributed by atoms with van der Waals surface area (Å²) in [4.78, 5) is 11.3. The van der Waals surface area contributed by atoms with Crippen LogP contribution in [0.2, 0.25) is 0 Å². The van der Waals surface area contributed by atoms with Crippen molar-refractivity contribution in [2.24, 2.45) is 0 Å². The van der Waals surface area contributed by atoms with Crippen molar-refractivity contribution in [3.63, 3.8) is 0 Å². The number of amides is 1. The van der Waals surface area contributed by atoms with Gasteiger partial charge in [-0.25, -0.2) is 14.6 Å². The van der Waals surface area contributed by atoms with E-state index in [0.29, 0.717) is 11.3 Å². The first-order valence-electron chi connectivity index (χ1n) is 6.29. The van der Waals surface area contributed by atoms with Crippen molar-refractivity contribution >= 4 is 11.8 Å². The van der Waals surface area contributed by atoms with E-state index in [4.69, 9.17) is 4.74 Å². The van der Waals surface area contributed by atoms with Crippen LogP contribution < -0.4 is 10.9 Å². The molecule has 0 unspecified atom stereocenters. The van der Waals surface area contributed by atoms with Crippen LogP contribution in [-0.4, -0.2) is 11.7 Å². The summed E-state index contributed by atoms with van der Waals surface area (Å²) in [7, 11) is 0. The van der Waals surface area contributed by atoms with Gasteiger partial charge >= 0.3 is 6.09 Å². The Morgan fingerprint density at radius 1 is 1.26 bits per heavy atom. The van der Waals surface area contributed by atoms with Crippen LogP contribution >= 0.6 is 0 Å². The number of ether oxygens (including phenoxy) is 1. The highest BCUT2D eigenvalue weighted by Gasteiger charge is 2.15. The molecule has 5 heteroatoms. The smallest absolute Gasteiger partial charge is 0.426 e. The van der Waals surface area contributed by atoms with E-state index in [1.165, 1.54) is 6.07 Å². The largest absolute Gasteiger partial charge is 0.443 e. The molecule has 19 heavy (non-hydrogen) atoms. The van der Waals surface area contributed by atoms with E-state index in [1.807, 2.05) is 13.8 Å². The number of rotatable bonds is 2.